The van der Waals surface area contributed by atoms with Crippen molar-refractivity contribution in [1.82, 2.24) is 5.32 Å². The molecule has 1 aliphatic heterocycles. The van der Waals surface area contributed by atoms with Crippen LogP contribution in [0.1, 0.15) is 12.0 Å². The van der Waals surface area contributed by atoms with Crippen molar-refractivity contribution in [2.75, 3.05) is 11.4 Å². The summed E-state index contributed by atoms with van der Waals surface area (Å²) < 4.78 is 37.1. The lowest BCUT2D eigenvalue weighted by Crippen LogP contribution is -2.50. The number of carbonyl (C=O) groups is 2. The number of carbonyl (C=O) groups excluding carboxylic acids is 2. The van der Waals surface area contributed by atoms with Crippen LogP contribution in [0.2, 0.25) is 0 Å². The molecule has 1 saturated heterocycles. The first kappa shape index (κ1) is 12.4. The van der Waals surface area contributed by atoms with Gasteiger partial charge in [-0.25, -0.2) is 9.69 Å². The Balaban J connectivity index is 2.29. The SMILES string of the molecule is O=C1CCNC(=O)N1c1ccc(C(F)(F)F)cc1. The van der Waals surface area contributed by atoms with Crippen molar-refractivity contribution in [1.29, 1.82) is 0 Å². The number of anilines is 1. The summed E-state index contributed by atoms with van der Waals surface area (Å²) in [7, 11) is 0. The molecule has 18 heavy (non-hydrogen) atoms. The van der Waals surface area contributed by atoms with Gasteiger partial charge >= 0.3 is 12.2 Å². The lowest BCUT2D eigenvalue weighted by Gasteiger charge is -2.25. The zero-order valence-corrected chi connectivity index (χ0v) is 9.12. The van der Waals surface area contributed by atoms with E-state index in [1.54, 1.807) is 0 Å². The number of alkyl halides is 3. The van der Waals surface area contributed by atoms with Crippen molar-refractivity contribution in [3.05, 3.63) is 29.8 Å². The average Bonchev–Trinajstić information content (AvgIpc) is 2.28. The molecule has 1 aliphatic rings. The second-order valence-electron chi connectivity index (χ2n) is 3.76. The van der Waals surface area contributed by atoms with Crippen molar-refractivity contribution >= 4 is 17.6 Å². The topological polar surface area (TPSA) is 49.4 Å². The number of amides is 3. The van der Waals surface area contributed by atoms with Crippen LogP contribution in [0.15, 0.2) is 24.3 Å². The minimum absolute atomic E-state index is 0.130. The quantitative estimate of drug-likeness (QED) is 0.839. The fourth-order valence-electron chi connectivity index (χ4n) is 1.64. The maximum absolute atomic E-state index is 12.4. The highest BCUT2D eigenvalue weighted by molar-refractivity contribution is 6.15. The number of benzene rings is 1. The van der Waals surface area contributed by atoms with Gasteiger partial charge < -0.3 is 5.32 Å². The summed E-state index contributed by atoms with van der Waals surface area (Å²) in [6, 6.07) is 3.26. The number of nitrogens with zero attached hydrogens (tertiary/aromatic N) is 1. The lowest BCUT2D eigenvalue weighted by molar-refractivity contribution is -0.137. The largest absolute Gasteiger partial charge is 0.416 e. The van der Waals surface area contributed by atoms with Gasteiger partial charge in [0, 0.05) is 13.0 Å². The summed E-state index contributed by atoms with van der Waals surface area (Å²) in [6.07, 6.45) is -4.31. The van der Waals surface area contributed by atoms with Crippen molar-refractivity contribution in [3.8, 4) is 0 Å². The first-order chi connectivity index (χ1) is 8.39. The van der Waals surface area contributed by atoms with Gasteiger partial charge in [-0.3, -0.25) is 4.79 Å². The average molecular weight is 258 g/mol. The van der Waals surface area contributed by atoms with Gasteiger partial charge in [0.05, 0.1) is 11.3 Å². The molecule has 1 aromatic carbocycles. The molecule has 1 fully saturated rings. The Bertz CT molecular complexity index is 466. The van der Waals surface area contributed by atoms with Crippen LogP contribution in [0.25, 0.3) is 0 Å². The summed E-state index contributed by atoms with van der Waals surface area (Å²) in [4.78, 5) is 23.8. The van der Waals surface area contributed by atoms with Gasteiger partial charge in [-0.2, -0.15) is 13.2 Å². The van der Waals surface area contributed by atoms with Gasteiger partial charge in [-0.05, 0) is 24.3 Å². The van der Waals surface area contributed by atoms with Crippen LogP contribution in [0, 0.1) is 0 Å². The zero-order valence-electron chi connectivity index (χ0n) is 9.12. The summed E-state index contributed by atoms with van der Waals surface area (Å²) >= 11 is 0. The van der Waals surface area contributed by atoms with E-state index in [4.69, 9.17) is 0 Å². The minimum atomic E-state index is -4.44. The number of rotatable bonds is 1. The van der Waals surface area contributed by atoms with Crippen LogP contribution in [-0.2, 0) is 11.0 Å². The van der Waals surface area contributed by atoms with Crippen molar-refractivity contribution in [2.24, 2.45) is 0 Å². The van der Waals surface area contributed by atoms with Crippen LogP contribution in [-0.4, -0.2) is 18.5 Å². The standard InChI is InChI=1S/C11H9F3N2O2/c12-11(13,14)7-1-3-8(4-2-7)16-9(17)5-6-15-10(16)18/h1-4H,5-6H2,(H,15,18). The highest BCUT2D eigenvalue weighted by Gasteiger charge is 2.31. The molecule has 1 N–H and O–H groups in total. The molecule has 4 nitrogen and oxygen atoms in total. The molecule has 0 radical (unpaired) electrons. The molecule has 2 rings (SSSR count). The van der Waals surface area contributed by atoms with E-state index >= 15 is 0 Å². The van der Waals surface area contributed by atoms with E-state index in [9.17, 15) is 22.8 Å². The Morgan fingerprint density at radius 3 is 2.22 bits per heavy atom. The molecule has 96 valence electrons. The Labute approximate surface area is 100 Å². The van der Waals surface area contributed by atoms with Gasteiger partial charge in [0.25, 0.3) is 0 Å². The van der Waals surface area contributed by atoms with E-state index in [1.165, 1.54) is 0 Å². The number of nitrogens with one attached hydrogen (secondary N) is 1. The third kappa shape index (κ3) is 2.29. The van der Waals surface area contributed by atoms with E-state index in [0.29, 0.717) is 0 Å². The van der Waals surface area contributed by atoms with Gasteiger partial charge in [0.2, 0.25) is 5.91 Å². The Hall–Kier alpha value is -2.05. The molecule has 0 aromatic heterocycles. The number of hydrogen-bond acceptors (Lipinski definition) is 2. The first-order valence-electron chi connectivity index (χ1n) is 5.17. The summed E-state index contributed by atoms with van der Waals surface area (Å²) in [5.74, 6) is -0.432. The first-order valence-corrected chi connectivity index (χ1v) is 5.17. The lowest BCUT2D eigenvalue weighted by atomic mass is 10.1. The number of urea groups is 1. The van der Waals surface area contributed by atoms with E-state index in [1.807, 2.05) is 0 Å². The Morgan fingerprint density at radius 2 is 1.72 bits per heavy atom. The van der Waals surface area contributed by atoms with Gasteiger partial charge in [0.15, 0.2) is 0 Å². The summed E-state index contributed by atoms with van der Waals surface area (Å²) in [5.41, 5.74) is -0.693. The monoisotopic (exact) mass is 258 g/mol. The molecular weight excluding hydrogens is 249 g/mol. The van der Waals surface area contributed by atoms with Gasteiger partial charge in [-0.15, -0.1) is 0 Å². The fraction of sp³-hybridized carbons (Fsp3) is 0.273. The highest BCUT2D eigenvalue weighted by Crippen LogP contribution is 2.30. The molecule has 1 heterocycles. The molecule has 0 aliphatic carbocycles. The van der Waals surface area contributed by atoms with E-state index < -0.39 is 23.7 Å². The maximum atomic E-state index is 12.4. The summed E-state index contributed by atoms with van der Waals surface area (Å²) in [5, 5.41) is 2.45. The van der Waals surface area contributed by atoms with Crippen molar-refractivity contribution in [2.45, 2.75) is 12.6 Å². The second-order valence-corrected chi connectivity index (χ2v) is 3.76. The Kier molecular flexibility index (Phi) is 2.98. The number of halogens is 3. The van der Waals surface area contributed by atoms with Crippen LogP contribution in [0.4, 0.5) is 23.7 Å². The highest BCUT2D eigenvalue weighted by atomic mass is 19.4. The predicted molar refractivity (Wildman–Crippen MR) is 56.9 cm³/mol. The van der Waals surface area contributed by atoms with Crippen molar-refractivity contribution < 1.29 is 22.8 Å². The normalized spacial score (nSPS) is 16.7. The maximum Gasteiger partial charge on any atom is 0.416 e. The molecular formula is C11H9F3N2O2. The molecule has 0 saturated carbocycles. The van der Waals surface area contributed by atoms with E-state index in [0.717, 1.165) is 29.2 Å². The zero-order chi connectivity index (χ0) is 13.3. The molecule has 1 aromatic rings. The predicted octanol–water partition coefficient (Wildman–Crippen LogP) is 2.15. The third-order valence-corrected chi connectivity index (χ3v) is 2.52. The minimum Gasteiger partial charge on any atom is -0.337 e. The molecule has 0 bridgehead atoms. The van der Waals surface area contributed by atoms with E-state index in [-0.39, 0.29) is 18.7 Å². The third-order valence-electron chi connectivity index (χ3n) is 2.52. The van der Waals surface area contributed by atoms with Gasteiger partial charge in [0.1, 0.15) is 0 Å². The van der Waals surface area contributed by atoms with Crippen LogP contribution in [0.5, 0.6) is 0 Å². The number of imide groups is 1. The van der Waals surface area contributed by atoms with Crippen LogP contribution in [0.3, 0.4) is 0 Å². The molecule has 7 heteroatoms. The smallest absolute Gasteiger partial charge is 0.337 e. The molecule has 3 amide bonds. The Morgan fingerprint density at radius 1 is 1.11 bits per heavy atom. The molecule has 0 atom stereocenters. The van der Waals surface area contributed by atoms with Gasteiger partial charge in [-0.1, -0.05) is 0 Å². The van der Waals surface area contributed by atoms with Crippen LogP contribution < -0.4 is 10.2 Å². The van der Waals surface area contributed by atoms with Crippen molar-refractivity contribution in [3.63, 3.8) is 0 Å². The summed E-state index contributed by atoms with van der Waals surface area (Å²) in [6.45, 7) is 0.245. The second kappa shape index (κ2) is 4.32. The fourth-order valence-corrected chi connectivity index (χ4v) is 1.64. The number of hydrogen-bond donors (Lipinski definition) is 1. The molecule has 0 spiro atoms. The van der Waals surface area contributed by atoms with E-state index in [2.05, 4.69) is 5.32 Å². The molecule has 0 unspecified atom stereocenters. The van der Waals surface area contributed by atoms with Crippen LogP contribution >= 0.6 is 0 Å².